The number of nitrogen functional groups attached to an aromatic ring is 1. The van der Waals surface area contributed by atoms with Gasteiger partial charge < -0.3 is 31.4 Å². The number of aryl methyl sites for hydroxylation is 2. The van der Waals surface area contributed by atoms with E-state index in [2.05, 4.69) is 20.6 Å². The number of carbonyl (C=O) groups is 2. The first-order valence-corrected chi connectivity index (χ1v) is 13.5. The van der Waals surface area contributed by atoms with Gasteiger partial charge in [-0.1, -0.05) is 13.8 Å². The van der Waals surface area contributed by atoms with Crippen molar-refractivity contribution >= 4 is 57.3 Å². The highest BCUT2D eigenvalue weighted by Crippen LogP contribution is 2.40. The molecule has 4 rings (SSSR count). The van der Waals surface area contributed by atoms with Gasteiger partial charge in [-0.3, -0.25) is 9.59 Å². The van der Waals surface area contributed by atoms with Crippen molar-refractivity contribution < 1.29 is 14.3 Å². The standard InChI is InChI=1S/C24H30N6O2S.C3H7NO/c1-14(2)9-21(31)27-7-8-32-19-11-17(26)15(12-25)10-18(19)30-23-22-16-5-3-4-6-20(16)33-24(22)29-13-28-23;1-4(2)3-5/h10-14,25H,3-9,26H2,1-2H3,(H,27,31)(H,28,29,30);3H,1-2H3. The van der Waals surface area contributed by atoms with Crippen LogP contribution in [0.5, 0.6) is 5.75 Å². The van der Waals surface area contributed by atoms with E-state index < -0.39 is 0 Å². The Hall–Kier alpha value is -3.73. The van der Waals surface area contributed by atoms with Gasteiger partial charge in [-0.25, -0.2) is 9.97 Å². The maximum Gasteiger partial charge on any atom is 0.220 e. The number of hydrogen-bond donors (Lipinski definition) is 4. The van der Waals surface area contributed by atoms with Crippen LogP contribution in [0.4, 0.5) is 17.2 Å². The van der Waals surface area contributed by atoms with Crippen LogP contribution in [0.3, 0.4) is 0 Å². The van der Waals surface area contributed by atoms with Crippen molar-refractivity contribution in [1.82, 2.24) is 20.2 Å². The summed E-state index contributed by atoms with van der Waals surface area (Å²) in [6.45, 7) is 4.72. The molecule has 0 saturated carbocycles. The SMILES string of the molecule is CC(C)CC(=O)NCCOc1cc(N)c(C=N)cc1Nc1ncnc2sc3c(c12)CCCC3.CN(C)C=O. The predicted molar refractivity (Wildman–Crippen MR) is 154 cm³/mol. The fraction of sp³-hybridized carbons (Fsp3) is 0.444. The first-order chi connectivity index (χ1) is 18.2. The zero-order chi connectivity index (χ0) is 27.7. The van der Waals surface area contributed by atoms with Gasteiger partial charge in [-0.2, -0.15) is 0 Å². The Kier molecular flexibility index (Phi) is 10.4. The number of thiophene rings is 1. The van der Waals surface area contributed by atoms with Crippen LogP contribution in [-0.2, 0) is 22.4 Å². The van der Waals surface area contributed by atoms with E-state index in [0.717, 1.165) is 35.3 Å². The molecule has 5 N–H and O–H groups in total. The number of nitrogens with zero attached hydrogens (tertiary/aromatic N) is 3. The van der Waals surface area contributed by atoms with Gasteiger partial charge in [-0.05, 0) is 43.2 Å². The number of fused-ring (bicyclic) bond motifs is 3. The van der Waals surface area contributed by atoms with Gasteiger partial charge in [0.2, 0.25) is 12.3 Å². The topological polar surface area (TPSA) is 146 Å². The largest absolute Gasteiger partial charge is 0.489 e. The van der Waals surface area contributed by atoms with Gasteiger partial charge in [0.1, 0.15) is 29.3 Å². The van der Waals surface area contributed by atoms with Gasteiger partial charge in [0.15, 0.2) is 0 Å². The fourth-order valence-electron chi connectivity index (χ4n) is 4.06. The molecule has 2 aromatic heterocycles. The number of hydrogen-bond acceptors (Lipinski definition) is 9. The minimum atomic E-state index is 0.0104. The van der Waals surface area contributed by atoms with Gasteiger partial charge in [-0.15, -0.1) is 11.3 Å². The summed E-state index contributed by atoms with van der Waals surface area (Å²) in [4.78, 5) is 34.2. The van der Waals surface area contributed by atoms with Crippen LogP contribution >= 0.6 is 11.3 Å². The number of amides is 2. The Morgan fingerprint density at radius 2 is 2.00 bits per heavy atom. The summed E-state index contributed by atoms with van der Waals surface area (Å²) in [5, 5.41) is 15.0. The quantitative estimate of drug-likeness (QED) is 0.131. The minimum Gasteiger partial charge on any atom is -0.489 e. The van der Waals surface area contributed by atoms with Crippen molar-refractivity contribution in [3.8, 4) is 5.75 Å². The second kappa shape index (κ2) is 13.7. The smallest absolute Gasteiger partial charge is 0.220 e. The molecule has 0 bridgehead atoms. The predicted octanol–water partition coefficient (Wildman–Crippen LogP) is 4.14. The summed E-state index contributed by atoms with van der Waals surface area (Å²) < 4.78 is 5.98. The lowest BCUT2D eigenvalue weighted by atomic mass is 9.97. The molecule has 2 amide bonds. The molecule has 0 saturated heterocycles. The summed E-state index contributed by atoms with van der Waals surface area (Å²) >= 11 is 1.74. The molecule has 0 spiro atoms. The van der Waals surface area contributed by atoms with Crippen molar-refractivity contribution in [3.05, 3.63) is 34.5 Å². The second-order valence-electron chi connectivity index (χ2n) is 9.73. The number of nitrogens with two attached hydrogens (primary N) is 1. The molecular weight excluding hydrogens is 502 g/mol. The fourth-order valence-corrected chi connectivity index (χ4v) is 5.29. The van der Waals surface area contributed by atoms with Crippen LogP contribution in [0.25, 0.3) is 10.2 Å². The lowest BCUT2D eigenvalue weighted by Gasteiger charge is -2.17. The maximum atomic E-state index is 11.9. The lowest BCUT2D eigenvalue weighted by Crippen LogP contribution is -2.28. The number of benzene rings is 1. The molecular formula is C27H37N7O3S. The Morgan fingerprint density at radius 3 is 2.68 bits per heavy atom. The Bertz CT molecular complexity index is 1270. The van der Waals surface area contributed by atoms with E-state index >= 15 is 0 Å². The van der Waals surface area contributed by atoms with E-state index in [4.69, 9.17) is 15.9 Å². The molecule has 10 nitrogen and oxygen atoms in total. The van der Waals surface area contributed by atoms with Crippen LogP contribution in [0.1, 0.15) is 49.1 Å². The highest BCUT2D eigenvalue weighted by molar-refractivity contribution is 7.19. The molecule has 1 aliphatic rings. The van der Waals surface area contributed by atoms with Crippen LogP contribution in [0.2, 0.25) is 0 Å². The molecule has 0 unspecified atom stereocenters. The third-order valence-electron chi connectivity index (χ3n) is 5.83. The summed E-state index contributed by atoms with van der Waals surface area (Å²) in [5.74, 6) is 1.60. The van der Waals surface area contributed by atoms with Crippen LogP contribution in [-0.4, -0.2) is 60.6 Å². The Labute approximate surface area is 227 Å². The molecule has 2 heterocycles. The zero-order valence-corrected chi connectivity index (χ0v) is 23.3. The summed E-state index contributed by atoms with van der Waals surface area (Å²) in [6.07, 6.45) is 8.54. The van der Waals surface area contributed by atoms with E-state index in [1.54, 1.807) is 43.9 Å². The Morgan fingerprint density at radius 1 is 1.26 bits per heavy atom. The number of ether oxygens (including phenoxy) is 1. The first kappa shape index (κ1) is 28.8. The summed E-state index contributed by atoms with van der Waals surface area (Å²) in [5.41, 5.74) is 9.17. The van der Waals surface area contributed by atoms with Gasteiger partial charge in [0.25, 0.3) is 0 Å². The van der Waals surface area contributed by atoms with Crippen molar-refractivity contribution in [3.63, 3.8) is 0 Å². The molecule has 0 aliphatic heterocycles. The third-order valence-corrected chi connectivity index (χ3v) is 7.03. The zero-order valence-electron chi connectivity index (χ0n) is 22.5. The van der Waals surface area contributed by atoms with E-state index in [9.17, 15) is 9.59 Å². The molecule has 3 aromatic rings. The van der Waals surface area contributed by atoms with Gasteiger partial charge in [0.05, 0.1) is 17.6 Å². The average Bonchev–Trinajstić information content (AvgIpc) is 3.27. The molecule has 1 aliphatic carbocycles. The Balaban J connectivity index is 0.000000732. The highest BCUT2D eigenvalue weighted by atomic mass is 32.1. The molecule has 0 fully saturated rings. The number of nitrogens with one attached hydrogen (secondary N) is 3. The van der Waals surface area contributed by atoms with Gasteiger partial charge in [0, 0.05) is 48.9 Å². The molecule has 204 valence electrons. The van der Waals surface area contributed by atoms with Crippen molar-refractivity contribution in [2.75, 3.05) is 38.3 Å². The number of aromatic nitrogens is 2. The van der Waals surface area contributed by atoms with Crippen LogP contribution < -0.4 is 21.1 Å². The average molecular weight is 540 g/mol. The third kappa shape index (κ3) is 7.64. The van der Waals surface area contributed by atoms with Crippen molar-refractivity contribution in [2.45, 2.75) is 46.0 Å². The summed E-state index contributed by atoms with van der Waals surface area (Å²) in [6, 6.07) is 3.50. The second-order valence-corrected chi connectivity index (χ2v) is 10.8. The maximum absolute atomic E-state index is 11.9. The lowest BCUT2D eigenvalue weighted by molar-refractivity contribution is -0.121. The number of carbonyl (C=O) groups excluding carboxylic acids is 2. The summed E-state index contributed by atoms with van der Waals surface area (Å²) in [7, 11) is 3.38. The van der Waals surface area contributed by atoms with E-state index in [0.29, 0.717) is 48.2 Å². The molecule has 0 atom stereocenters. The van der Waals surface area contributed by atoms with Crippen molar-refractivity contribution in [1.29, 1.82) is 5.41 Å². The van der Waals surface area contributed by atoms with Gasteiger partial charge >= 0.3 is 0 Å². The normalized spacial score (nSPS) is 12.2. The van der Waals surface area contributed by atoms with E-state index in [-0.39, 0.29) is 5.91 Å². The van der Waals surface area contributed by atoms with E-state index in [1.807, 2.05) is 13.8 Å². The molecule has 11 heteroatoms. The number of rotatable bonds is 10. The molecule has 1 aromatic carbocycles. The molecule has 38 heavy (non-hydrogen) atoms. The minimum absolute atomic E-state index is 0.0104. The van der Waals surface area contributed by atoms with Crippen LogP contribution in [0, 0.1) is 11.3 Å². The highest BCUT2D eigenvalue weighted by Gasteiger charge is 2.21. The van der Waals surface area contributed by atoms with E-state index in [1.165, 1.54) is 34.4 Å². The number of anilines is 3. The monoisotopic (exact) mass is 539 g/mol. The van der Waals surface area contributed by atoms with Crippen molar-refractivity contribution in [2.24, 2.45) is 5.92 Å². The van der Waals surface area contributed by atoms with Crippen LogP contribution in [0.15, 0.2) is 18.5 Å². The first-order valence-electron chi connectivity index (χ1n) is 12.7. The molecule has 0 radical (unpaired) electrons.